The second kappa shape index (κ2) is 8.71. The zero-order valence-electron chi connectivity index (χ0n) is 17.3. The van der Waals surface area contributed by atoms with Gasteiger partial charge in [0.25, 0.3) is 10.0 Å². The summed E-state index contributed by atoms with van der Waals surface area (Å²) < 4.78 is 34.9. The van der Waals surface area contributed by atoms with E-state index in [9.17, 15) is 18.0 Å². The number of hydrogen-bond acceptors (Lipinski definition) is 6. The van der Waals surface area contributed by atoms with E-state index >= 15 is 0 Å². The van der Waals surface area contributed by atoms with E-state index in [0.717, 1.165) is 0 Å². The lowest BCUT2D eigenvalue weighted by Crippen LogP contribution is -2.22. The number of nitrogens with zero attached hydrogens (tertiary/aromatic N) is 1. The van der Waals surface area contributed by atoms with Gasteiger partial charge in [0.05, 0.1) is 29.0 Å². The van der Waals surface area contributed by atoms with Crippen LogP contribution < -0.4 is 10.1 Å². The third kappa shape index (κ3) is 4.53. The van der Waals surface area contributed by atoms with Gasteiger partial charge in [-0.1, -0.05) is 24.3 Å². The van der Waals surface area contributed by atoms with Gasteiger partial charge < -0.3 is 15.2 Å². The van der Waals surface area contributed by atoms with Crippen molar-refractivity contribution in [1.82, 2.24) is 0 Å². The summed E-state index contributed by atoms with van der Waals surface area (Å²) in [4.78, 5) is 23.9. The predicted molar refractivity (Wildman–Crippen MR) is 123 cm³/mol. The molecule has 0 amide bonds. The lowest BCUT2D eigenvalue weighted by Gasteiger charge is -2.19. The molecule has 2 N–H and O–H groups in total. The number of benzene rings is 3. The highest BCUT2D eigenvalue weighted by Crippen LogP contribution is 2.26. The lowest BCUT2D eigenvalue weighted by molar-refractivity contribution is 0.0696. The van der Waals surface area contributed by atoms with E-state index in [1.165, 1.54) is 30.3 Å². The summed E-state index contributed by atoms with van der Waals surface area (Å²) in [5.74, 6) is -0.817. The molecule has 3 aromatic carbocycles. The van der Waals surface area contributed by atoms with Gasteiger partial charge in [-0.3, -0.25) is 4.79 Å². The van der Waals surface area contributed by atoms with E-state index in [1.807, 2.05) is 0 Å². The van der Waals surface area contributed by atoms with Crippen LogP contribution in [0.2, 0.25) is 0 Å². The second-order valence-corrected chi connectivity index (χ2v) is 8.67. The van der Waals surface area contributed by atoms with Gasteiger partial charge in [0.1, 0.15) is 5.75 Å². The first-order chi connectivity index (χ1) is 15.8. The van der Waals surface area contributed by atoms with E-state index in [-0.39, 0.29) is 27.7 Å². The highest BCUT2D eigenvalue weighted by Gasteiger charge is 2.26. The maximum Gasteiger partial charge on any atom is 0.335 e. The molecule has 166 valence electrons. The standard InChI is InChI=1S/C24H18N2O6S/c1-32-17-10-8-16(9-11-17)25-22-14-21(19-4-2-3-5-20(19)23(22)27)26-33(30,31)18-12-6-15(7-13-18)24(28)29/h2-14,25H,1H3,(H,28,29). The molecule has 0 atom stereocenters. The van der Waals surface area contributed by atoms with Gasteiger partial charge in [0.2, 0.25) is 5.78 Å². The van der Waals surface area contributed by atoms with Gasteiger partial charge in [-0.2, -0.15) is 12.8 Å². The van der Waals surface area contributed by atoms with Crippen LogP contribution in [0.1, 0.15) is 26.3 Å². The normalized spacial score (nSPS) is 14.4. The van der Waals surface area contributed by atoms with Crippen LogP contribution in [0.4, 0.5) is 5.69 Å². The fourth-order valence-corrected chi connectivity index (χ4v) is 4.27. The van der Waals surface area contributed by atoms with Crippen LogP contribution in [0.5, 0.6) is 5.75 Å². The highest BCUT2D eigenvalue weighted by molar-refractivity contribution is 7.90. The first-order valence-electron chi connectivity index (χ1n) is 9.74. The molecule has 0 aliphatic heterocycles. The van der Waals surface area contributed by atoms with Gasteiger partial charge in [-0.25, -0.2) is 4.79 Å². The lowest BCUT2D eigenvalue weighted by atomic mass is 9.92. The number of ether oxygens (including phenoxy) is 1. The molecule has 0 bridgehead atoms. The van der Waals surface area contributed by atoms with Crippen LogP contribution in [0.15, 0.2) is 93.9 Å². The minimum absolute atomic E-state index is 0.0407. The summed E-state index contributed by atoms with van der Waals surface area (Å²) in [6, 6.07) is 18.3. The minimum atomic E-state index is -4.17. The van der Waals surface area contributed by atoms with Crippen LogP contribution in [-0.2, 0) is 10.0 Å². The topological polar surface area (TPSA) is 122 Å². The fourth-order valence-electron chi connectivity index (χ4n) is 3.28. The summed E-state index contributed by atoms with van der Waals surface area (Å²) in [6.07, 6.45) is 1.39. The molecule has 0 fully saturated rings. The number of carboxylic acids is 1. The molecule has 0 spiro atoms. The highest BCUT2D eigenvalue weighted by atomic mass is 32.2. The number of fused-ring (bicyclic) bond motifs is 1. The third-order valence-electron chi connectivity index (χ3n) is 4.96. The molecule has 3 aromatic rings. The molecule has 0 radical (unpaired) electrons. The summed E-state index contributed by atoms with van der Waals surface area (Å²) in [5.41, 5.74) is 1.51. The number of anilines is 1. The molecule has 1 aliphatic rings. The number of methoxy groups -OCH3 is 1. The average molecular weight is 462 g/mol. The number of rotatable bonds is 6. The zero-order valence-corrected chi connectivity index (χ0v) is 18.2. The Morgan fingerprint density at radius 1 is 0.939 bits per heavy atom. The Hall–Kier alpha value is -4.24. The molecule has 9 heteroatoms. The van der Waals surface area contributed by atoms with Crippen molar-refractivity contribution in [2.75, 3.05) is 12.4 Å². The Labute approximate surface area is 189 Å². The summed E-state index contributed by atoms with van der Waals surface area (Å²) >= 11 is 0. The number of ketones is 1. The van der Waals surface area contributed by atoms with E-state index in [0.29, 0.717) is 22.6 Å². The first-order valence-corrected chi connectivity index (χ1v) is 11.2. The van der Waals surface area contributed by atoms with E-state index in [4.69, 9.17) is 9.84 Å². The Bertz CT molecular complexity index is 1410. The molecule has 0 unspecified atom stereocenters. The first kappa shape index (κ1) is 22.0. The molecule has 0 saturated heterocycles. The predicted octanol–water partition coefficient (Wildman–Crippen LogP) is 3.76. The van der Waals surface area contributed by atoms with Gasteiger partial charge >= 0.3 is 5.97 Å². The number of carboxylic acid groups (broad SMARTS) is 1. The van der Waals surface area contributed by atoms with Crippen LogP contribution in [0, 0.1) is 0 Å². The van der Waals surface area contributed by atoms with E-state index < -0.39 is 16.0 Å². The zero-order chi connectivity index (χ0) is 23.6. The SMILES string of the molecule is COc1ccc(NC2=CC(=NS(=O)(=O)c3ccc(C(=O)O)cc3)c3ccccc3C2=O)cc1. The van der Waals surface area contributed by atoms with Crippen molar-refractivity contribution in [1.29, 1.82) is 0 Å². The van der Waals surface area contributed by atoms with Crippen LogP contribution in [0.25, 0.3) is 0 Å². The molecule has 4 rings (SSSR count). The molecule has 0 saturated carbocycles. The summed E-state index contributed by atoms with van der Waals surface area (Å²) in [6.45, 7) is 0. The van der Waals surface area contributed by atoms with E-state index in [1.54, 1.807) is 55.6 Å². The van der Waals surface area contributed by atoms with Crippen molar-refractivity contribution < 1.29 is 27.9 Å². The number of Topliss-reactive ketones (excluding diaryl/α,β-unsaturated/α-hetero) is 1. The van der Waals surface area contributed by atoms with Crippen molar-refractivity contribution >= 4 is 33.2 Å². The third-order valence-corrected chi connectivity index (χ3v) is 6.26. The van der Waals surface area contributed by atoms with Crippen LogP contribution >= 0.6 is 0 Å². The Morgan fingerprint density at radius 2 is 1.58 bits per heavy atom. The maximum atomic E-state index is 13.0. The monoisotopic (exact) mass is 462 g/mol. The van der Waals surface area contributed by atoms with Gasteiger partial charge in [0, 0.05) is 16.8 Å². The number of aromatic carboxylic acids is 1. The van der Waals surface area contributed by atoms with Gasteiger partial charge in [-0.05, 0) is 54.6 Å². The van der Waals surface area contributed by atoms with Gasteiger partial charge in [0.15, 0.2) is 0 Å². The van der Waals surface area contributed by atoms with Crippen molar-refractivity contribution in [2.45, 2.75) is 4.90 Å². The number of carbonyl (C=O) groups excluding carboxylic acids is 1. The number of hydrogen-bond donors (Lipinski definition) is 2. The average Bonchev–Trinajstić information content (AvgIpc) is 2.82. The van der Waals surface area contributed by atoms with Crippen LogP contribution in [-0.4, -0.2) is 38.1 Å². The summed E-state index contributed by atoms with van der Waals surface area (Å²) in [5, 5.41) is 12.0. The number of sulfonamides is 1. The Kier molecular flexibility index (Phi) is 5.80. The molecule has 0 aromatic heterocycles. The van der Waals surface area contributed by atoms with Crippen molar-refractivity contribution in [3.05, 3.63) is 101 Å². The second-order valence-electron chi connectivity index (χ2n) is 7.07. The molecule has 8 nitrogen and oxygen atoms in total. The number of nitrogens with one attached hydrogen (secondary N) is 1. The summed E-state index contributed by atoms with van der Waals surface area (Å²) in [7, 11) is -2.63. The molecule has 0 heterocycles. The Balaban J connectivity index is 1.76. The molecular formula is C24H18N2O6S. The van der Waals surface area contributed by atoms with Crippen molar-refractivity contribution in [3.8, 4) is 5.75 Å². The maximum absolute atomic E-state index is 13.0. The smallest absolute Gasteiger partial charge is 0.335 e. The van der Waals surface area contributed by atoms with Crippen molar-refractivity contribution in [2.24, 2.45) is 4.40 Å². The largest absolute Gasteiger partial charge is 0.497 e. The number of allylic oxidation sites excluding steroid dienone is 2. The number of carbonyl (C=O) groups is 2. The fraction of sp³-hybridized carbons (Fsp3) is 0.0417. The molecule has 1 aliphatic carbocycles. The van der Waals surface area contributed by atoms with E-state index in [2.05, 4.69) is 9.71 Å². The van der Waals surface area contributed by atoms with Crippen molar-refractivity contribution in [3.63, 3.8) is 0 Å². The minimum Gasteiger partial charge on any atom is -0.497 e. The van der Waals surface area contributed by atoms with Gasteiger partial charge in [-0.15, -0.1) is 0 Å². The Morgan fingerprint density at radius 3 is 2.18 bits per heavy atom. The quantitative estimate of drug-likeness (QED) is 0.572. The molecular weight excluding hydrogens is 444 g/mol. The molecule has 33 heavy (non-hydrogen) atoms. The van der Waals surface area contributed by atoms with Crippen LogP contribution in [0.3, 0.4) is 0 Å².